The van der Waals surface area contributed by atoms with E-state index in [9.17, 15) is 5.11 Å². The molecule has 1 unspecified atom stereocenters. The van der Waals surface area contributed by atoms with Crippen LogP contribution in [0.25, 0.3) is 21.5 Å². The highest BCUT2D eigenvalue weighted by atomic mass is 16.3. The van der Waals surface area contributed by atoms with Crippen molar-refractivity contribution < 1.29 is 5.11 Å². The Morgan fingerprint density at radius 2 is 1.27 bits per heavy atom. The Bertz CT molecular complexity index is 1100. The fraction of sp³-hybridized carbons (Fsp3) is 0.130. The highest BCUT2D eigenvalue weighted by Crippen LogP contribution is 2.45. The van der Waals surface area contributed by atoms with Gasteiger partial charge in [0.15, 0.2) is 0 Å². The van der Waals surface area contributed by atoms with Crippen LogP contribution in [0.5, 0.6) is 5.75 Å². The number of phenolic OH excluding ortho intramolecular Hbond substituents is 1. The second kappa shape index (κ2) is 5.95. The molecular formula is C23H18N2O. The summed E-state index contributed by atoms with van der Waals surface area (Å²) in [6.07, 6.45) is 0.773. The van der Waals surface area contributed by atoms with Crippen molar-refractivity contribution in [3.05, 3.63) is 90.0 Å². The van der Waals surface area contributed by atoms with Crippen molar-refractivity contribution in [2.24, 2.45) is 10.2 Å². The number of azo groups is 1. The topological polar surface area (TPSA) is 45.0 Å². The molecule has 3 nitrogen and oxygen atoms in total. The molecular weight excluding hydrogens is 320 g/mol. The van der Waals surface area contributed by atoms with Crippen molar-refractivity contribution in [1.29, 1.82) is 0 Å². The molecule has 0 amide bonds. The number of aromatic hydroxyl groups is 1. The summed E-state index contributed by atoms with van der Waals surface area (Å²) in [7, 11) is 0. The molecule has 0 bridgehead atoms. The van der Waals surface area contributed by atoms with Crippen molar-refractivity contribution in [1.82, 2.24) is 0 Å². The number of nitrogens with zero attached hydrogens (tertiary/aromatic N) is 2. The summed E-state index contributed by atoms with van der Waals surface area (Å²) in [5.74, 6) is 0.292. The Morgan fingerprint density at radius 3 is 1.96 bits per heavy atom. The molecule has 1 aliphatic rings. The molecule has 1 aliphatic heterocycles. The van der Waals surface area contributed by atoms with E-state index in [2.05, 4.69) is 64.8 Å². The lowest BCUT2D eigenvalue weighted by Gasteiger charge is -2.16. The van der Waals surface area contributed by atoms with Gasteiger partial charge in [-0.05, 0) is 39.2 Å². The zero-order valence-electron chi connectivity index (χ0n) is 14.2. The maximum Gasteiger partial charge on any atom is 0.120 e. The van der Waals surface area contributed by atoms with Gasteiger partial charge in [0.05, 0.1) is 6.04 Å². The molecule has 0 aliphatic carbocycles. The molecule has 0 spiro atoms. The Morgan fingerprint density at radius 1 is 0.692 bits per heavy atom. The van der Waals surface area contributed by atoms with Gasteiger partial charge in [0.1, 0.15) is 11.8 Å². The smallest absolute Gasteiger partial charge is 0.120 e. The highest BCUT2D eigenvalue weighted by molar-refractivity contribution is 6.02. The first-order valence-corrected chi connectivity index (χ1v) is 8.89. The third-order valence-corrected chi connectivity index (χ3v) is 5.23. The molecule has 4 aromatic carbocycles. The number of benzene rings is 4. The molecule has 1 N–H and O–H groups in total. The molecule has 0 radical (unpaired) electrons. The molecule has 126 valence electrons. The first-order valence-electron chi connectivity index (χ1n) is 8.89. The minimum Gasteiger partial charge on any atom is -0.508 e. The number of hydrogen-bond donors (Lipinski definition) is 1. The number of phenols is 1. The molecule has 0 saturated carbocycles. The van der Waals surface area contributed by atoms with Crippen molar-refractivity contribution in [3.8, 4) is 5.75 Å². The molecule has 26 heavy (non-hydrogen) atoms. The minimum absolute atomic E-state index is 0.00407. The van der Waals surface area contributed by atoms with Gasteiger partial charge in [-0.1, -0.05) is 66.7 Å². The number of para-hydroxylation sites is 1. The Kier molecular flexibility index (Phi) is 3.45. The van der Waals surface area contributed by atoms with Gasteiger partial charge in [-0.15, -0.1) is 0 Å². The summed E-state index contributed by atoms with van der Waals surface area (Å²) < 4.78 is 0. The van der Waals surface area contributed by atoms with Crippen LogP contribution in [-0.4, -0.2) is 5.11 Å². The van der Waals surface area contributed by atoms with Crippen LogP contribution in [0.4, 0.5) is 0 Å². The third kappa shape index (κ3) is 2.36. The van der Waals surface area contributed by atoms with E-state index in [0.717, 1.165) is 12.0 Å². The van der Waals surface area contributed by atoms with Crippen LogP contribution in [0, 0.1) is 0 Å². The molecule has 0 saturated heterocycles. The predicted molar refractivity (Wildman–Crippen MR) is 105 cm³/mol. The average molecular weight is 338 g/mol. The van der Waals surface area contributed by atoms with Gasteiger partial charge >= 0.3 is 0 Å². The van der Waals surface area contributed by atoms with Crippen LogP contribution in [0.15, 0.2) is 89.1 Å². The standard InChI is InChI=1S/C23H18N2O/c26-22-12-6-5-11-19(22)20-14-21(25-24-20)23-17-9-3-1-7-15(17)13-16-8-2-4-10-18(16)23/h1-13,20-21,26H,14H2/t20-,21?/m0/s1. The van der Waals surface area contributed by atoms with E-state index in [-0.39, 0.29) is 12.1 Å². The summed E-state index contributed by atoms with van der Waals surface area (Å²) >= 11 is 0. The van der Waals surface area contributed by atoms with Gasteiger partial charge in [-0.3, -0.25) is 0 Å². The second-order valence-electron chi connectivity index (χ2n) is 6.79. The Labute approximate surface area is 151 Å². The maximum atomic E-state index is 10.2. The van der Waals surface area contributed by atoms with Crippen LogP contribution >= 0.6 is 0 Å². The van der Waals surface area contributed by atoms with E-state index in [1.165, 1.54) is 27.1 Å². The Hall–Kier alpha value is -3.20. The molecule has 0 aromatic heterocycles. The van der Waals surface area contributed by atoms with Crippen LogP contribution < -0.4 is 0 Å². The fourth-order valence-corrected chi connectivity index (χ4v) is 4.01. The van der Waals surface area contributed by atoms with Gasteiger partial charge in [0, 0.05) is 12.0 Å². The lowest BCUT2D eigenvalue weighted by atomic mass is 9.89. The summed E-state index contributed by atoms with van der Waals surface area (Å²) in [4.78, 5) is 0. The highest BCUT2D eigenvalue weighted by Gasteiger charge is 2.28. The molecule has 0 fully saturated rings. The van der Waals surface area contributed by atoms with Crippen LogP contribution in [-0.2, 0) is 0 Å². The fourth-order valence-electron chi connectivity index (χ4n) is 4.01. The summed E-state index contributed by atoms with van der Waals surface area (Å²) in [5.41, 5.74) is 2.09. The molecule has 1 heterocycles. The van der Waals surface area contributed by atoms with E-state index in [1.807, 2.05) is 18.2 Å². The van der Waals surface area contributed by atoms with Gasteiger partial charge in [0.2, 0.25) is 0 Å². The minimum atomic E-state index is -0.0982. The van der Waals surface area contributed by atoms with Gasteiger partial charge in [-0.2, -0.15) is 10.2 Å². The zero-order chi connectivity index (χ0) is 17.5. The van der Waals surface area contributed by atoms with Crippen molar-refractivity contribution in [2.75, 3.05) is 0 Å². The largest absolute Gasteiger partial charge is 0.508 e. The molecule has 3 heteroatoms. The first-order chi connectivity index (χ1) is 12.8. The molecule has 2 atom stereocenters. The third-order valence-electron chi connectivity index (χ3n) is 5.23. The molecule has 4 aromatic rings. The Balaban J connectivity index is 1.65. The van der Waals surface area contributed by atoms with Crippen LogP contribution in [0.3, 0.4) is 0 Å². The molecule has 5 rings (SSSR count). The van der Waals surface area contributed by atoms with E-state index < -0.39 is 0 Å². The van der Waals surface area contributed by atoms with E-state index in [1.54, 1.807) is 6.07 Å². The normalized spacial score (nSPS) is 19.4. The summed E-state index contributed by atoms with van der Waals surface area (Å²) in [6.45, 7) is 0. The lowest BCUT2D eigenvalue weighted by Crippen LogP contribution is -1.99. The summed E-state index contributed by atoms with van der Waals surface area (Å²) in [6, 6.07) is 26.5. The van der Waals surface area contributed by atoms with Crippen molar-refractivity contribution >= 4 is 21.5 Å². The monoisotopic (exact) mass is 338 g/mol. The van der Waals surface area contributed by atoms with Crippen molar-refractivity contribution in [2.45, 2.75) is 18.5 Å². The SMILES string of the molecule is Oc1ccccc1[C@@H]1CC(c2c3ccccc3cc3ccccc23)N=N1. The quantitative estimate of drug-likeness (QED) is 0.426. The first kappa shape index (κ1) is 15.1. The van der Waals surface area contributed by atoms with E-state index >= 15 is 0 Å². The zero-order valence-corrected chi connectivity index (χ0v) is 14.2. The summed E-state index contributed by atoms with van der Waals surface area (Å²) in [5, 5.41) is 24.2. The predicted octanol–water partition coefficient (Wildman–Crippen LogP) is 6.34. The van der Waals surface area contributed by atoms with Gasteiger partial charge < -0.3 is 5.11 Å². The van der Waals surface area contributed by atoms with Crippen molar-refractivity contribution in [3.63, 3.8) is 0 Å². The number of fused-ring (bicyclic) bond motifs is 2. The van der Waals surface area contributed by atoms with E-state index in [4.69, 9.17) is 0 Å². The van der Waals surface area contributed by atoms with Gasteiger partial charge in [-0.25, -0.2) is 0 Å². The number of hydrogen-bond acceptors (Lipinski definition) is 3. The maximum absolute atomic E-state index is 10.2. The van der Waals surface area contributed by atoms with Crippen LogP contribution in [0.1, 0.15) is 29.6 Å². The van der Waals surface area contributed by atoms with E-state index in [0.29, 0.717) is 5.75 Å². The number of rotatable bonds is 2. The average Bonchev–Trinajstić information content (AvgIpc) is 3.16. The van der Waals surface area contributed by atoms with Gasteiger partial charge in [0.25, 0.3) is 0 Å². The second-order valence-corrected chi connectivity index (χ2v) is 6.79. The van der Waals surface area contributed by atoms with Crippen LogP contribution in [0.2, 0.25) is 0 Å². The lowest BCUT2D eigenvalue weighted by molar-refractivity contribution is 0.460.